The van der Waals surface area contributed by atoms with Crippen molar-refractivity contribution in [3.8, 4) is 17.4 Å². The number of pyridine rings is 1. The summed E-state index contributed by atoms with van der Waals surface area (Å²) in [5.41, 5.74) is 1.27. The van der Waals surface area contributed by atoms with Gasteiger partial charge in [-0.1, -0.05) is 13.0 Å². The number of rotatable bonds is 12. The Morgan fingerprint density at radius 1 is 1.08 bits per heavy atom. The molecular weight excluding hydrogens is 524 g/mol. The van der Waals surface area contributed by atoms with E-state index in [9.17, 15) is 8.42 Å². The molecule has 0 saturated carbocycles. The number of ether oxygens (including phenoxy) is 2. The van der Waals surface area contributed by atoms with Gasteiger partial charge in [0.05, 0.1) is 13.3 Å². The summed E-state index contributed by atoms with van der Waals surface area (Å²) in [6.07, 6.45) is 4.62. The van der Waals surface area contributed by atoms with Gasteiger partial charge in [-0.25, -0.2) is 28.4 Å². The van der Waals surface area contributed by atoms with E-state index >= 15 is 0 Å². The largest absolute Gasteiger partial charge is 0.481 e. The van der Waals surface area contributed by atoms with E-state index in [1.54, 1.807) is 55.2 Å². The fraction of sp³-hybridized carbons (Fsp3) is 0.440. The number of anilines is 1. The maximum Gasteiger partial charge on any atom is 0.240 e. The number of aryl methyl sites for hydroxylation is 2. The highest BCUT2D eigenvalue weighted by molar-refractivity contribution is 7.93. The lowest BCUT2D eigenvalue weighted by atomic mass is 10.2. The minimum atomic E-state index is -4.09. The Balaban J connectivity index is 1.74. The molecule has 13 nitrogen and oxygen atoms in total. The number of aromatic nitrogens is 7. The van der Waals surface area contributed by atoms with Gasteiger partial charge < -0.3 is 13.9 Å². The van der Waals surface area contributed by atoms with Crippen LogP contribution in [0, 0.1) is 13.8 Å². The average molecular weight is 557 g/mol. The lowest BCUT2D eigenvalue weighted by Gasteiger charge is -2.24. The second-order valence-corrected chi connectivity index (χ2v) is 11.1. The van der Waals surface area contributed by atoms with Crippen LogP contribution >= 0.6 is 0 Å². The maximum absolute atomic E-state index is 13.7. The van der Waals surface area contributed by atoms with E-state index < -0.39 is 27.4 Å². The Morgan fingerprint density at radius 2 is 1.82 bits per heavy atom. The predicted molar refractivity (Wildman–Crippen MR) is 143 cm³/mol. The molecule has 4 rings (SSSR count). The molecule has 0 saturated heterocycles. The van der Waals surface area contributed by atoms with E-state index in [1.165, 1.54) is 14.0 Å². The summed E-state index contributed by atoms with van der Waals surface area (Å²) >= 11 is 0. The first kappa shape index (κ1) is 28.1. The number of nitrogens with one attached hydrogen (secondary N) is 1. The molecule has 0 bridgehead atoms. The molecule has 0 fully saturated rings. The van der Waals surface area contributed by atoms with Crippen LogP contribution in [0.1, 0.15) is 62.4 Å². The molecule has 0 radical (unpaired) electrons. The minimum Gasteiger partial charge on any atom is -0.481 e. The van der Waals surface area contributed by atoms with Crippen molar-refractivity contribution >= 4 is 16.0 Å². The molecule has 0 spiro atoms. The van der Waals surface area contributed by atoms with E-state index in [0.717, 1.165) is 5.56 Å². The molecule has 39 heavy (non-hydrogen) atoms. The van der Waals surface area contributed by atoms with Crippen LogP contribution in [0.4, 0.5) is 5.95 Å². The zero-order valence-electron chi connectivity index (χ0n) is 22.7. The molecule has 0 unspecified atom stereocenters. The van der Waals surface area contributed by atoms with Crippen molar-refractivity contribution in [2.75, 3.05) is 18.4 Å². The van der Waals surface area contributed by atoms with E-state index in [1.807, 2.05) is 13.8 Å². The summed E-state index contributed by atoms with van der Waals surface area (Å²) in [6, 6.07) is 4.58. The topological polar surface area (TPSA) is 160 Å². The third-order valence-corrected chi connectivity index (χ3v) is 7.64. The van der Waals surface area contributed by atoms with Gasteiger partial charge in [-0.3, -0.25) is 9.29 Å². The van der Waals surface area contributed by atoms with Gasteiger partial charge in [-0.2, -0.15) is 0 Å². The maximum atomic E-state index is 13.7. The summed E-state index contributed by atoms with van der Waals surface area (Å²) in [7, 11) is -2.59. The van der Waals surface area contributed by atoms with Crippen molar-refractivity contribution in [3.05, 3.63) is 59.8 Å². The van der Waals surface area contributed by atoms with Crippen LogP contribution < -0.4 is 9.46 Å². The van der Waals surface area contributed by atoms with E-state index in [-0.39, 0.29) is 11.8 Å². The molecule has 4 aromatic heterocycles. The molecule has 0 aliphatic carbocycles. The first-order valence-electron chi connectivity index (χ1n) is 12.4. The van der Waals surface area contributed by atoms with Gasteiger partial charge in [0, 0.05) is 25.1 Å². The molecular formula is C25H32N8O5S. The average Bonchev–Trinajstić information content (AvgIpc) is 3.55. The minimum absolute atomic E-state index is 0.0381. The van der Waals surface area contributed by atoms with Crippen molar-refractivity contribution in [1.29, 1.82) is 0 Å². The summed E-state index contributed by atoms with van der Waals surface area (Å²) < 4.78 is 48.5. The number of methoxy groups -OCH3 is 1. The smallest absolute Gasteiger partial charge is 0.240 e. The number of hydrogen-bond acceptors (Lipinski definition) is 11. The van der Waals surface area contributed by atoms with Gasteiger partial charge >= 0.3 is 0 Å². The van der Waals surface area contributed by atoms with Crippen molar-refractivity contribution in [2.24, 2.45) is 0 Å². The fourth-order valence-corrected chi connectivity index (χ4v) is 4.93. The van der Waals surface area contributed by atoms with Crippen LogP contribution in [0.3, 0.4) is 0 Å². The molecule has 0 aromatic carbocycles. The summed E-state index contributed by atoms with van der Waals surface area (Å²) in [5.74, 6) is 1.86. The van der Waals surface area contributed by atoms with Gasteiger partial charge in [-0.05, 0) is 45.7 Å². The van der Waals surface area contributed by atoms with Crippen molar-refractivity contribution in [3.63, 3.8) is 0 Å². The van der Waals surface area contributed by atoms with Gasteiger partial charge in [0.2, 0.25) is 27.7 Å². The van der Waals surface area contributed by atoms with Crippen molar-refractivity contribution in [1.82, 2.24) is 34.7 Å². The third kappa shape index (κ3) is 6.23. The molecule has 0 aliphatic heterocycles. The molecule has 4 heterocycles. The quantitative estimate of drug-likeness (QED) is 0.271. The Labute approximate surface area is 227 Å². The Bertz CT molecular complexity index is 1500. The Kier molecular flexibility index (Phi) is 8.55. The lowest BCUT2D eigenvalue weighted by molar-refractivity contribution is 0.0466. The van der Waals surface area contributed by atoms with Crippen LogP contribution in [0.2, 0.25) is 0 Å². The lowest BCUT2D eigenvalue weighted by Crippen LogP contribution is -2.34. The SMILES string of the molecule is CCCO[C@@H](c1ncc(C)cn1)[C@H](C)S(=O)(=O)Nc1nnc(-c2cccc(OC)n2)n1[C@H](C)c1ncc(C)o1. The highest BCUT2D eigenvalue weighted by atomic mass is 32.2. The van der Waals surface area contributed by atoms with E-state index in [0.29, 0.717) is 42.1 Å². The highest BCUT2D eigenvalue weighted by Gasteiger charge is 2.35. The van der Waals surface area contributed by atoms with Crippen LogP contribution in [0.5, 0.6) is 5.88 Å². The Hall–Kier alpha value is -3.91. The molecule has 208 valence electrons. The van der Waals surface area contributed by atoms with Crippen molar-refractivity contribution in [2.45, 2.75) is 58.4 Å². The van der Waals surface area contributed by atoms with Crippen LogP contribution in [-0.4, -0.2) is 62.1 Å². The molecule has 3 atom stereocenters. The zero-order chi connectivity index (χ0) is 28.2. The molecule has 14 heteroatoms. The number of hydrogen-bond donors (Lipinski definition) is 1. The molecule has 1 N–H and O–H groups in total. The van der Waals surface area contributed by atoms with E-state index in [4.69, 9.17) is 13.9 Å². The number of oxazole rings is 1. The number of sulfonamides is 1. The zero-order valence-corrected chi connectivity index (χ0v) is 23.5. The second-order valence-electron chi connectivity index (χ2n) is 9.03. The molecule has 0 aliphatic rings. The summed E-state index contributed by atoms with van der Waals surface area (Å²) in [6.45, 7) is 9.24. The highest BCUT2D eigenvalue weighted by Crippen LogP contribution is 2.31. The predicted octanol–water partition coefficient (Wildman–Crippen LogP) is 3.65. The first-order chi connectivity index (χ1) is 18.6. The summed E-state index contributed by atoms with van der Waals surface area (Å²) in [5, 5.41) is 7.36. The number of nitrogens with zero attached hydrogens (tertiary/aromatic N) is 7. The van der Waals surface area contributed by atoms with Gasteiger partial charge in [0.15, 0.2) is 11.6 Å². The normalized spacial score (nSPS) is 14.1. The molecule has 4 aromatic rings. The summed E-state index contributed by atoms with van der Waals surface area (Å²) in [4.78, 5) is 17.4. The van der Waals surface area contributed by atoms with Gasteiger partial charge in [-0.15, -0.1) is 10.2 Å². The standard InChI is InChI=1S/C25H32N8O5S/c1-7-11-37-21(22-26-12-15(2)13-27-22)18(5)39(34,35)32-25-31-30-23(19-9-8-10-20(29-19)36-6)33(25)17(4)24-28-14-16(3)38-24/h8-10,12-14,17-18,21H,7,11H2,1-6H3,(H,31,32)/t17-,18+,21-/m1/s1. The molecule has 0 amide bonds. The monoisotopic (exact) mass is 556 g/mol. The third-order valence-electron chi connectivity index (χ3n) is 5.95. The Morgan fingerprint density at radius 3 is 2.46 bits per heavy atom. The van der Waals surface area contributed by atoms with Crippen LogP contribution in [0.15, 0.2) is 41.2 Å². The van der Waals surface area contributed by atoms with Gasteiger partial charge in [0.25, 0.3) is 0 Å². The first-order valence-corrected chi connectivity index (χ1v) is 14.0. The van der Waals surface area contributed by atoms with E-state index in [2.05, 4.69) is 34.9 Å². The van der Waals surface area contributed by atoms with Gasteiger partial charge in [0.1, 0.15) is 28.8 Å². The second kappa shape index (κ2) is 11.9. The fourth-order valence-electron chi connectivity index (χ4n) is 3.83. The van der Waals surface area contributed by atoms with Crippen LogP contribution in [-0.2, 0) is 14.8 Å². The van der Waals surface area contributed by atoms with Crippen molar-refractivity contribution < 1.29 is 22.3 Å². The van der Waals surface area contributed by atoms with Crippen LogP contribution in [0.25, 0.3) is 11.5 Å².